The molecular formula is C13H15ClFN3. The van der Waals surface area contributed by atoms with Crippen LogP contribution in [0.25, 0.3) is 11.1 Å². The molecule has 2 rings (SSSR count). The topological polar surface area (TPSA) is 54.7 Å². The molecule has 0 aliphatic rings. The number of aryl methyl sites for hydroxylation is 1. The fraction of sp³-hybridized carbons (Fsp3) is 0.308. The van der Waals surface area contributed by atoms with Gasteiger partial charge in [-0.3, -0.25) is 5.10 Å². The number of unbranched alkanes of at least 4 members (excludes halogenated alkanes) is 1. The highest BCUT2D eigenvalue weighted by Crippen LogP contribution is 2.34. The summed E-state index contributed by atoms with van der Waals surface area (Å²) in [6, 6.07) is 4.29. The SMILES string of the molecule is CCCCc1[nH]nc(N)c1-c1ccc(F)cc1Cl. The van der Waals surface area contributed by atoms with Crippen LogP contribution in [0.4, 0.5) is 10.2 Å². The molecule has 0 unspecified atom stereocenters. The van der Waals surface area contributed by atoms with Gasteiger partial charge in [-0.05, 0) is 31.0 Å². The summed E-state index contributed by atoms with van der Waals surface area (Å²) in [6.45, 7) is 2.12. The molecule has 0 amide bonds. The van der Waals surface area contributed by atoms with Crippen LogP contribution in [0.2, 0.25) is 5.02 Å². The van der Waals surface area contributed by atoms with E-state index in [2.05, 4.69) is 17.1 Å². The fourth-order valence-corrected chi connectivity index (χ4v) is 2.18. The van der Waals surface area contributed by atoms with Crippen molar-refractivity contribution in [3.05, 3.63) is 34.7 Å². The van der Waals surface area contributed by atoms with Gasteiger partial charge in [-0.15, -0.1) is 0 Å². The standard InChI is InChI=1S/C13H15ClFN3/c1-2-3-4-11-12(13(16)18-17-11)9-6-5-8(15)7-10(9)14/h5-7H,2-4H2,1H3,(H3,16,17,18). The van der Waals surface area contributed by atoms with Gasteiger partial charge in [0.15, 0.2) is 5.82 Å². The summed E-state index contributed by atoms with van der Waals surface area (Å²) in [5, 5.41) is 7.28. The highest BCUT2D eigenvalue weighted by atomic mass is 35.5. The monoisotopic (exact) mass is 267 g/mol. The van der Waals surface area contributed by atoms with Crippen LogP contribution in [0.3, 0.4) is 0 Å². The summed E-state index contributed by atoms with van der Waals surface area (Å²) in [5.41, 5.74) is 8.31. The van der Waals surface area contributed by atoms with Crippen molar-refractivity contribution in [2.24, 2.45) is 0 Å². The lowest BCUT2D eigenvalue weighted by atomic mass is 10.0. The minimum absolute atomic E-state index is 0.348. The highest BCUT2D eigenvalue weighted by Gasteiger charge is 2.15. The Kier molecular flexibility index (Phi) is 3.87. The molecule has 5 heteroatoms. The van der Waals surface area contributed by atoms with Crippen molar-refractivity contribution in [3.8, 4) is 11.1 Å². The third kappa shape index (κ3) is 2.48. The van der Waals surface area contributed by atoms with Crippen molar-refractivity contribution >= 4 is 17.4 Å². The average Bonchev–Trinajstić information content (AvgIpc) is 2.68. The van der Waals surface area contributed by atoms with E-state index in [4.69, 9.17) is 17.3 Å². The molecule has 0 spiro atoms. The van der Waals surface area contributed by atoms with Gasteiger partial charge in [0.2, 0.25) is 0 Å². The third-order valence-corrected chi connectivity index (χ3v) is 3.16. The van der Waals surface area contributed by atoms with E-state index in [-0.39, 0.29) is 5.82 Å². The molecule has 0 fully saturated rings. The number of aromatic nitrogens is 2. The van der Waals surface area contributed by atoms with Gasteiger partial charge in [0, 0.05) is 16.8 Å². The van der Waals surface area contributed by atoms with E-state index in [9.17, 15) is 4.39 Å². The Morgan fingerprint density at radius 3 is 2.89 bits per heavy atom. The van der Waals surface area contributed by atoms with Crippen LogP contribution < -0.4 is 5.73 Å². The zero-order valence-electron chi connectivity index (χ0n) is 10.1. The molecule has 1 aromatic carbocycles. The van der Waals surface area contributed by atoms with Crippen molar-refractivity contribution in [1.29, 1.82) is 0 Å². The molecule has 3 nitrogen and oxygen atoms in total. The minimum Gasteiger partial charge on any atom is -0.382 e. The maximum Gasteiger partial charge on any atom is 0.153 e. The number of aromatic amines is 1. The molecule has 0 radical (unpaired) electrons. The number of nitrogen functional groups attached to an aromatic ring is 1. The predicted molar refractivity (Wildman–Crippen MR) is 72.0 cm³/mol. The molecule has 1 aromatic heterocycles. The second-order valence-electron chi connectivity index (χ2n) is 4.19. The van der Waals surface area contributed by atoms with Gasteiger partial charge in [-0.25, -0.2) is 4.39 Å². The Morgan fingerprint density at radius 2 is 2.22 bits per heavy atom. The maximum atomic E-state index is 13.1. The molecule has 2 aromatic rings. The van der Waals surface area contributed by atoms with Crippen molar-refractivity contribution in [2.75, 3.05) is 5.73 Å². The number of benzene rings is 1. The van der Waals surface area contributed by atoms with Gasteiger partial charge in [-0.1, -0.05) is 24.9 Å². The van der Waals surface area contributed by atoms with Crippen LogP contribution in [0, 0.1) is 5.82 Å². The fourth-order valence-electron chi connectivity index (χ4n) is 1.92. The molecule has 0 aliphatic heterocycles. The van der Waals surface area contributed by atoms with Gasteiger partial charge in [-0.2, -0.15) is 5.10 Å². The lowest BCUT2D eigenvalue weighted by Gasteiger charge is -2.06. The number of halogens is 2. The molecule has 3 N–H and O–H groups in total. The molecule has 18 heavy (non-hydrogen) atoms. The molecular weight excluding hydrogens is 253 g/mol. The van der Waals surface area contributed by atoms with Crippen LogP contribution in [-0.2, 0) is 6.42 Å². The number of nitrogens with zero attached hydrogens (tertiary/aromatic N) is 1. The molecule has 0 bridgehead atoms. The number of hydrogen-bond donors (Lipinski definition) is 2. The second-order valence-corrected chi connectivity index (χ2v) is 4.60. The van der Waals surface area contributed by atoms with Gasteiger partial charge in [0.25, 0.3) is 0 Å². The van der Waals surface area contributed by atoms with Crippen LogP contribution in [0.1, 0.15) is 25.5 Å². The zero-order chi connectivity index (χ0) is 13.1. The number of nitrogens with one attached hydrogen (secondary N) is 1. The van der Waals surface area contributed by atoms with Crippen molar-refractivity contribution in [3.63, 3.8) is 0 Å². The Balaban J connectivity index is 2.45. The Hall–Kier alpha value is -1.55. The highest BCUT2D eigenvalue weighted by molar-refractivity contribution is 6.33. The van der Waals surface area contributed by atoms with Crippen LogP contribution in [0.5, 0.6) is 0 Å². The molecule has 0 saturated carbocycles. The second kappa shape index (κ2) is 5.40. The third-order valence-electron chi connectivity index (χ3n) is 2.85. The predicted octanol–water partition coefficient (Wildman–Crippen LogP) is 3.79. The van der Waals surface area contributed by atoms with Crippen LogP contribution >= 0.6 is 11.6 Å². The van der Waals surface area contributed by atoms with E-state index in [1.165, 1.54) is 12.1 Å². The van der Waals surface area contributed by atoms with Gasteiger partial charge in [0.05, 0.1) is 5.02 Å². The number of anilines is 1. The molecule has 96 valence electrons. The number of nitrogens with two attached hydrogens (primary N) is 1. The summed E-state index contributed by atoms with van der Waals surface area (Å²) < 4.78 is 13.1. The van der Waals surface area contributed by atoms with E-state index < -0.39 is 0 Å². The number of hydrogen-bond acceptors (Lipinski definition) is 2. The van der Waals surface area contributed by atoms with Crippen LogP contribution in [-0.4, -0.2) is 10.2 Å². The smallest absolute Gasteiger partial charge is 0.153 e. The Morgan fingerprint density at radius 1 is 1.44 bits per heavy atom. The summed E-state index contributed by atoms with van der Waals surface area (Å²) in [4.78, 5) is 0. The number of rotatable bonds is 4. The van der Waals surface area contributed by atoms with E-state index in [0.717, 1.165) is 36.1 Å². The normalized spacial score (nSPS) is 10.8. The number of H-pyrrole nitrogens is 1. The lowest BCUT2D eigenvalue weighted by Crippen LogP contribution is -1.92. The van der Waals surface area contributed by atoms with Crippen molar-refractivity contribution in [1.82, 2.24) is 10.2 Å². The Bertz CT molecular complexity index is 551. The molecule has 0 aliphatic carbocycles. The first-order chi connectivity index (χ1) is 8.63. The van der Waals surface area contributed by atoms with Crippen LogP contribution in [0.15, 0.2) is 18.2 Å². The Labute approximate surface area is 110 Å². The van der Waals surface area contributed by atoms with Gasteiger partial charge < -0.3 is 5.73 Å². The largest absolute Gasteiger partial charge is 0.382 e. The molecule has 0 atom stereocenters. The van der Waals surface area contributed by atoms with Gasteiger partial charge >= 0.3 is 0 Å². The first-order valence-corrected chi connectivity index (χ1v) is 6.29. The summed E-state index contributed by atoms with van der Waals surface area (Å²) in [5.74, 6) is 0.0375. The zero-order valence-corrected chi connectivity index (χ0v) is 10.9. The van der Waals surface area contributed by atoms with E-state index >= 15 is 0 Å². The average molecular weight is 268 g/mol. The van der Waals surface area contributed by atoms with E-state index in [1.54, 1.807) is 6.07 Å². The quantitative estimate of drug-likeness (QED) is 0.885. The first-order valence-electron chi connectivity index (χ1n) is 5.91. The summed E-state index contributed by atoms with van der Waals surface area (Å²) in [6.07, 6.45) is 2.96. The lowest BCUT2D eigenvalue weighted by molar-refractivity contribution is 0.628. The first kappa shape index (κ1) is 12.9. The molecule has 1 heterocycles. The molecule has 0 saturated heterocycles. The van der Waals surface area contributed by atoms with Gasteiger partial charge in [0.1, 0.15) is 5.82 Å². The minimum atomic E-state index is -0.360. The van der Waals surface area contributed by atoms with Crippen molar-refractivity contribution < 1.29 is 4.39 Å². The van der Waals surface area contributed by atoms with E-state index in [1.807, 2.05) is 0 Å². The maximum absolute atomic E-state index is 13.1. The summed E-state index contributed by atoms with van der Waals surface area (Å²) >= 11 is 6.06. The van der Waals surface area contributed by atoms with E-state index in [0.29, 0.717) is 10.8 Å². The van der Waals surface area contributed by atoms with Crippen molar-refractivity contribution in [2.45, 2.75) is 26.2 Å². The summed E-state index contributed by atoms with van der Waals surface area (Å²) in [7, 11) is 0.